The number of benzene rings is 2. The summed E-state index contributed by atoms with van der Waals surface area (Å²) in [5.41, 5.74) is 0.585. The predicted octanol–water partition coefficient (Wildman–Crippen LogP) is 5.05. The Morgan fingerprint density at radius 1 is 1.00 bits per heavy atom. The van der Waals surface area contributed by atoms with Gasteiger partial charge in [0, 0.05) is 6.04 Å². The zero-order chi connectivity index (χ0) is 19.9. The first-order chi connectivity index (χ1) is 13.4. The SMILES string of the molecule is O=S(=O)(c1cccc(Cl)c1Cl)N(Cc1nnc(-c2ccccc2Cl)o1)C1CC1. The molecule has 28 heavy (non-hydrogen) atoms. The van der Waals surface area contributed by atoms with E-state index in [2.05, 4.69) is 10.2 Å². The third-order valence-electron chi connectivity index (χ3n) is 4.32. The van der Waals surface area contributed by atoms with E-state index < -0.39 is 10.0 Å². The number of aromatic nitrogens is 2. The van der Waals surface area contributed by atoms with Crippen molar-refractivity contribution in [1.29, 1.82) is 0 Å². The first kappa shape index (κ1) is 19.7. The lowest BCUT2D eigenvalue weighted by molar-refractivity contribution is 0.351. The van der Waals surface area contributed by atoms with Crippen LogP contribution in [0.2, 0.25) is 15.1 Å². The van der Waals surface area contributed by atoms with E-state index in [1.165, 1.54) is 16.4 Å². The van der Waals surface area contributed by atoms with E-state index in [0.29, 0.717) is 10.6 Å². The fourth-order valence-electron chi connectivity index (χ4n) is 2.78. The minimum atomic E-state index is -3.89. The second-order valence-corrected chi connectivity index (χ2v) is 9.37. The summed E-state index contributed by atoms with van der Waals surface area (Å²) >= 11 is 18.3. The molecular formula is C18H14Cl3N3O3S. The number of hydrogen-bond donors (Lipinski definition) is 0. The fraction of sp³-hybridized carbons (Fsp3) is 0.222. The van der Waals surface area contributed by atoms with Crippen molar-refractivity contribution in [2.24, 2.45) is 0 Å². The Kier molecular flexibility index (Phi) is 5.37. The maximum Gasteiger partial charge on any atom is 0.249 e. The number of nitrogens with zero attached hydrogens (tertiary/aromatic N) is 3. The number of halogens is 3. The first-order valence-electron chi connectivity index (χ1n) is 8.41. The molecule has 1 aliphatic rings. The molecule has 146 valence electrons. The van der Waals surface area contributed by atoms with Crippen LogP contribution in [0.5, 0.6) is 0 Å². The van der Waals surface area contributed by atoms with Crippen molar-refractivity contribution in [2.45, 2.75) is 30.3 Å². The van der Waals surface area contributed by atoms with Crippen LogP contribution in [0.25, 0.3) is 11.5 Å². The average Bonchev–Trinajstić information content (AvgIpc) is 3.40. The van der Waals surface area contributed by atoms with Crippen LogP contribution in [0.1, 0.15) is 18.7 Å². The van der Waals surface area contributed by atoms with Gasteiger partial charge < -0.3 is 4.42 Å². The fourth-order valence-corrected chi connectivity index (χ4v) is 5.37. The quantitative estimate of drug-likeness (QED) is 0.516. The molecule has 3 aromatic rings. The van der Waals surface area contributed by atoms with Gasteiger partial charge in [-0.05, 0) is 37.1 Å². The van der Waals surface area contributed by atoms with Gasteiger partial charge in [0.1, 0.15) is 4.90 Å². The highest BCUT2D eigenvalue weighted by atomic mass is 35.5. The standard InChI is InChI=1S/C18H14Cl3N3O3S/c19-13-5-2-1-4-12(13)18-23-22-16(27-18)10-24(11-8-9-11)28(25,26)15-7-3-6-14(20)17(15)21/h1-7,11H,8-10H2. The molecule has 1 fully saturated rings. The van der Waals surface area contributed by atoms with Crippen molar-refractivity contribution >= 4 is 44.8 Å². The number of hydrogen-bond acceptors (Lipinski definition) is 5. The molecule has 1 aromatic heterocycles. The van der Waals surface area contributed by atoms with Crippen LogP contribution in [-0.4, -0.2) is 29.0 Å². The largest absolute Gasteiger partial charge is 0.419 e. The summed E-state index contributed by atoms with van der Waals surface area (Å²) < 4.78 is 33.4. The highest BCUT2D eigenvalue weighted by molar-refractivity contribution is 7.89. The van der Waals surface area contributed by atoms with Gasteiger partial charge in [-0.1, -0.05) is 53.0 Å². The van der Waals surface area contributed by atoms with Crippen molar-refractivity contribution in [3.05, 3.63) is 63.4 Å². The number of sulfonamides is 1. The van der Waals surface area contributed by atoms with Gasteiger partial charge in [0.15, 0.2) is 0 Å². The highest BCUT2D eigenvalue weighted by Crippen LogP contribution is 2.37. The van der Waals surface area contributed by atoms with Crippen molar-refractivity contribution in [1.82, 2.24) is 14.5 Å². The molecule has 0 N–H and O–H groups in total. The van der Waals surface area contributed by atoms with Gasteiger partial charge in [-0.3, -0.25) is 0 Å². The molecule has 0 atom stereocenters. The Balaban J connectivity index is 1.65. The van der Waals surface area contributed by atoms with Gasteiger partial charge in [-0.15, -0.1) is 10.2 Å². The summed E-state index contributed by atoms with van der Waals surface area (Å²) in [6.07, 6.45) is 1.51. The summed E-state index contributed by atoms with van der Waals surface area (Å²) in [5, 5.41) is 8.63. The third kappa shape index (κ3) is 3.77. The van der Waals surface area contributed by atoms with E-state index >= 15 is 0 Å². The normalized spacial score (nSPS) is 14.6. The van der Waals surface area contributed by atoms with Gasteiger partial charge in [0.05, 0.1) is 27.2 Å². The molecule has 1 aliphatic carbocycles. The molecule has 1 saturated carbocycles. The van der Waals surface area contributed by atoms with Gasteiger partial charge in [-0.2, -0.15) is 4.31 Å². The zero-order valence-electron chi connectivity index (χ0n) is 14.3. The van der Waals surface area contributed by atoms with Crippen LogP contribution in [0, 0.1) is 0 Å². The maximum atomic E-state index is 13.2. The minimum Gasteiger partial charge on any atom is -0.419 e. The topological polar surface area (TPSA) is 76.3 Å². The van der Waals surface area contributed by atoms with Gasteiger partial charge in [-0.25, -0.2) is 8.42 Å². The van der Waals surface area contributed by atoms with Crippen LogP contribution in [-0.2, 0) is 16.6 Å². The van der Waals surface area contributed by atoms with E-state index in [1.54, 1.807) is 30.3 Å². The average molecular weight is 459 g/mol. The second-order valence-electron chi connectivity index (χ2n) is 6.31. The lowest BCUT2D eigenvalue weighted by atomic mass is 10.2. The van der Waals surface area contributed by atoms with Crippen LogP contribution >= 0.6 is 34.8 Å². The highest BCUT2D eigenvalue weighted by Gasteiger charge is 2.40. The van der Waals surface area contributed by atoms with Crippen LogP contribution in [0.4, 0.5) is 0 Å². The number of rotatable bonds is 6. The van der Waals surface area contributed by atoms with Crippen molar-refractivity contribution < 1.29 is 12.8 Å². The molecule has 6 nitrogen and oxygen atoms in total. The Hall–Kier alpha value is -1.64. The van der Waals surface area contributed by atoms with Crippen molar-refractivity contribution in [3.63, 3.8) is 0 Å². The molecule has 10 heteroatoms. The second kappa shape index (κ2) is 7.65. The molecule has 0 bridgehead atoms. The van der Waals surface area contributed by atoms with Crippen LogP contribution in [0.15, 0.2) is 51.8 Å². The monoisotopic (exact) mass is 457 g/mol. The first-order valence-corrected chi connectivity index (χ1v) is 11.0. The lowest BCUT2D eigenvalue weighted by Crippen LogP contribution is -2.33. The van der Waals surface area contributed by atoms with E-state index in [9.17, 15) is 8.42 Å². The van der Waals surface area contributed by atoms with Crippen molar-refractivity contribution in [2.75, 3.05) is 0 Å². The summed E-state index contributed by atoms with van der Waals surface area (Å²) in [5.74, 6) is 0.401. The molecule has 0 aliphatic heterocycles. The molecule has 0 radical (unpaired) electrons. The molecular weight excluding hydrogens is 445 g/mol. The van der Waals surface area contributed by atoms with E-state index in [4.69, 9.17) is 39.2 Å². The van der Waals surface area contributed by atoms with Crippen LogP contribution in [0.3, 0.4) is 0 Å². The van der Waals surface area contributed by atoms with Crippen LogP contribution < -0.4 is 0 Å². The Bertz CT molecular complexity index is 1130. The van der Waals surface area contributed by atoms with E-state index in [0.717, 1.165) is 12.8 Å². The third-order valence-corrected chi connectivity index (χ3v) is 7.52. The minimum absolute atomic E-state index is 0.00268. The van der Waals surface area contributed by atoms with Gasteiger partial charge in [0.25, 0.3) is 0 Å². The summed E-state index contributed by atoms with van der Waals surface area (Å²) in [6.45, 7) is -0.0622. The summed E-state index contributed by atoms with van der Waals surface area (Å²) in [6, 6.07) is 11.4. The van der Waals surface area contributed by atoms with Gasteiger partial charge in [0.2, 0.25) is 21.8 Å². The molecule has 4 rings (SSSR count). The molecule has 0 spiro atoms. The Morgan fingerprint density at radius 2 is 1.71 bits per heavy atom. The predicted molar refractivity (Wildman–Crippen MR) is 107 cm³/mol. The molecule has 0 unspecified atom stereocenters. The van der Waals surface area contributed by atoms with E-state index in [-0.39, 0.29) is 39.3 Å². The molecule has 2 aromatic carbocycles. The maximum absolute atomic E-state index is 13.2. The summed E-state index contributed by atoms with van der Waals surface area (Å²) in [7, 11) is -3.89. The smallest absolute Gasteiger partial charge is 0.249 e. The zero-order valence-corrected chi connectivity index (χ0v) is 17.4. The molecule has 0 amide bonds. The Morgan fingerprint density at radius 3 is 2.43 bits per heavy atom. The summed E-state index contributed by atoms with van der Waals surface area (Å²) in [4.78, 5) is -0.0422. The molecule has 1 heterocycles. The Labute approximate surface area is 177 Å². The van der Waals surface area contributed by atoms with E-state index in [1.807, 2.05) is 0 Å². The van der Waals surface area contributed by atoms with Crippen molar-refractivity contribution in [3.8, 4) is 11.5 Å². The van der Waals surface area contributed by atoms with Gasteiger partial charge >= 0.3 is 0 Å². The lowest BCUT2D eigenvalue weighted by Gasteiger charge is -2.21. The molecule has 0 saturated heterocycles.